The first-order chi connectivity index (χ1) is 7.11. The number of aliphatic hydroxyl groups is 1. The molecular formula is C11H18O4. The number of ether oxygens (including phenoxy) is 2. The van der Waals surface area contributed by atoms with Gasteiger partial charge in [0.1, 0.15) is 12.7 Å². The summed E-state index contributed by atoms with van der Waals surface area (Å²) in [7, 11) is 0. The molecule has 4 nitrogen and oxygen atoms in total. The van der Waals surface area contributed by atoms with Crippen LogP contribution in [0.5, 0.6) is 0 Å². The lowest BCUT2D eigenvalue weighted by Gasteiger charge is -2.11. The molecule has 0 aliphatic rings. The summed E-state index contributed by atoms with van der Waals surface area (Å²) in [6.07, 6.45) is 2.45. The van der Waals surface area contributed by atoms with Crippen LogP contribution in [0, 0.1) is 0 Å². The highest BCUT2D eigenvalue weighted by Gasteiger charge is 2.09. The first-order valence-corrected chi connectivity index (χ1v) is 4.78. The van der Waals surface area contributed by atoms with E-state index in [0.29, 0.717) is 12.2 Å². The van der Waals surface area contributed by atoms with E-state index in [0.717, 1.165) is 0 Å². The highest BCUT2D eigenvalue weighted by molar-refractivity contribution is 5.87. The third-order valence-corrected chi connectivity index (χ3v) is 1.71. The molecule has 0 aliphatic carbocycles. The number of allylic oxidation sites excluding steroid dienone is 1. The van der Waals surface area contributed by atoms with Crippen molar-refractivity contribution in [2.45, 2.75) is 20.0 Å². The summed E-state index contributed by atoms with van der Waals surface area (Å²) in [4.78, 5) is 11.1. The Kier molecular flexibility index (Phi) is 7.58. The van der Waals surface area contributed by atoms with E-state index >= 15 is 0 Å². The average Bonchev–Trinajstić information content (AvgIpc) is 2.25. The van der Waals surface area contributed by atoms with Gasteiger partial charge in [0.2, 0.25) is 0 Å². The normalized spacial score (nSPS) is 13.4. The van der Waals surface area contributed by atoms with Crippen LogP contribution in [-0.2, 0) is 14.3 Å². The van der Waals surface area contributed by atoms with Crippen molar-refractivity contribution in [1.29, 1.82) is 0 Å². The third-order valence-electron chi connectivity index (χ3n) is 1.71. The Morgan fingerprint density at radius 3 is 2.73 bits per heavy atom. The van der Waals surface area contributed by atoms with Gasteiger partial charge < -0.3 is 14.6 Å². The van der Waals surface area contributed by atoms with E-state index in [1.54, 1.807) is 26.0 Å². The van der Waals surface area contributed by atoms with Gasteiger partial charge in [-0.25, -0.2) is 4.79 Å². The summed E-state index contributed by atoms with van der Waals surface area (Å²) in [5.41, 5.74) is 0.522. The van der Waals surface area contributed by atoms with E-state index in [9.17, 15) is 9.90 Å². The Hall–Kier alpha value is -1.13. The molecular weight excluding hydrogens is 196 g/mol. The second-order valence-corrected chi connectivity index (χ2v) is 3.05. The molecule has 0 amide bonds. The summed E-state index contributed by atoms with van der Waals surface area (Å²) in [5, 5.41) is 9.32. The summed E-state index contributed by atoms with van der Waals surface area (Å²) < 4.78 is 9.81. The van der Waals surface area contributed by atoms with Crippen LogP contribution in [0.2, 0.25) is 0 Å². The first-order valence-electron chi connectivity index (χ1n) is 4.78. The van der Waals surface area contributed by atoms with Gasteiger partial charge in [-0.3, -0.25) is 0 Å². The Labute approximate surface area is 90.2 Å². The fourth-order valence-corrected chi connectivity index (χ4v) is 0.739. The monoisotopic (exact) mass is 214 g/mol. The summed E-state index contributed by atoms with van der Waals surface area (Å²) in [6.45, 7) is 7.33. The summed E-state index contributed by atoms with van der Waals surface area (Å²) in [5.74, 6) is -0.416. The number of carbonyl (C=O) groups is 1. The van der Waals surface area contributed by atoms with Gasteiger partial charge in [-0.2, -0.15) is 0 Å². The maximum Gasteiger partial charge on any atom is 0.333 e. The Bertz CT molecular complexity index is 233. The molecule has 1 atom stereocenters. The van der Waals surface area contributed by atoms with Gasteiger partial charge in [0, 0.05) is 5.57 Å². The SMILES string of the molecule is C=CCOCC(O)COC(=O)C(C)=CC. The van der Waals surface area contributed by atoms with E-state index in [1.807, 2.05) is 0 Å². The molecule has 0 saturated carbocycles. The van der Waals surface area contributed by atoms with Gasteiger partial charge in [-0.1, -0.05) is 12.2 Å². The Morgan fingerprint density at radius 2 is 2.20 bits per heavy atom. The minimum Gasteiger partial charge on any atom is -0.459 e. The molecule has 4 heteroatoms. The van der Waals surface area contributed by atoms with Crippen molar-refractivity contribution in [2.75, 3.05) is 19.8 Å². The van der Waals surface area contributed by atoms with Crippen LogP contribution in [0.25, 0.3) is 0 Å². The standard InChI is InChI=1S/C11H18O4/c1-4-6-14-7-10(12)8-15-11(13)9(3)5-2/h4-5,10,12H,1,6-8H2,2-3H3. The molecule has 0 bridgehead atoms. The molecule has 0 saturated heterocycles. The van der Waals surface area contributed by atoms with Crippen LogP contribution >= 0.6 is 0 Å². The average molecular weight is 214 g/mol. The lowest BCUT2D eigenvalue weighted by atomic mass is 10.3. The van der Waals surface area contributed by atoms with Gasteiger partial charge in [-0.15, -0.1) is 6.58 Å². The number of hydrogen-bond acceptors (Lipinski definition) is 4. The predicted octanol–water partition coefficient (Wildman–Crippen LogP) is 1.06. The smallest absolute Gasteiger partial charge is 0.333 e. The second-order valence-electron chi connectivity index (χ2n) is 3.05. The maximum atomic E-state index is 11.1. The van der Waals surface area contributed by atoms with Gasteiger partial charge >= 0.3 is 5.97 Å². The molecule has 0 radical (unpaired) electrons. The van der Waals surface area contributed by atoms with Crippen LogP contribution in [-0.4, -0.2) is 37.0 Å². The van der Waals surface area contributed by atoms with Crippen molar-refractivity contribution in [3.63, 3.8) is 0 Å². The van der Waals surface area contributed by atoms with E-state index < -0.39 is 12.1 Å². The lowest BCUT2D eigenvalue weighted by molar-refractivity contribution is -0.143. The zero-order chi connectivity index (χ0) is 11.7. The zero-order valence-corrected chi connectivity index (χ0v) is 9.23. The molecule has 0 rings (SSSR count). The predicted molar refractivity (Wildman–Crippen MR) is 57.4 cm³/mol. The largest absolute Gasteiger partial charge is 0.459 e. The van der Waals surface area contributed by atoms with Crippen molar-refractivity contribution < 1.29 is 19.4 Å². The quantitative estimate of drug-likeness (QED) is 0.298. The molecule has 1 N–H and O–H groups in total. The molecule has 15 heavy (non-hydrogen) atoms. The molecule has 0 aromatic heterocycles. The Morgan fingerprint density at radius 1 is 1.53 bits per heavy atom. The topological polar surface area (TPSA) is 55.8 Å². The fourth-order valence-electron chi connectivity index (χ4n) is 0.739. The molecule has 86 valence electrons. The fraction of sp³-hybridized carbons (Fsp3) is 0.545. The third kappa shape index (κ3) is 6.88. The maximum absolute atomic E-state index is 11.1. The number of rotatable bonds is 7. The number of esters is 1. The van der Waals surface area contributed by atoms with Crippen molar-refractivity contribution >= 4 is 5.97 Å². The van der Waals surface area contributed by atoms with Crippen LogP contribution in [0.1, 0.15) is 13.8 Å². The van der Waals surface area contributed by atoms with E-state index in [4.69, 9.17) is 9.47 Å². The second kappa shape index (κ2) is 8.20. The molecule has 0 fully saturated rings. The molecule has 0 aromatic carbocycles. The van der Waals surface area contributed by atoms with Crippen LogP contribution in [0.15, 0.2) is 24.3 Å². The molecule has 0 spiro atoms. The van der Waals surface area contributed by atoms with Gasteiger partial charge in [-0.05, 0) is 13.8 Å². The minimum absolute atomic E-state index is 0.0544. The first kappa shape index (κ1) is 13.9. The van der Waals surface area contributed by atoms with Crippen molar-refractivity contribution in [3.8, 4) is 0 Å². The van der Waals surface area contributed by atoms with E-state index in [-0.39, 0.29) is 13.2 Å². The highest BCUT2D eigenvalue weighted by Crippen LogP contribution is 1.97. The van der Waals surface area contributed by atoms with Crippen molar-refractivity contribution in [1.82, 2.24) is 0 Å². The van der Waals surface area contributed by atoms with Crippen LogP contribution < -0.4 is 0 Å². The van der Waals surface area contributed by atoms with Crippen LogP contribution in [0.4, 0.5) is 0 Å². The number of aliphatic hydroxyl groups excluding tert-OH is 1. The number of carbonyl (C=O) groups excluding carboxylic acids is 1. The van der Waals surface area contributed by atoms with Gasteiger partial charge in [0.15, 0.2) is 0 Å². The van der Waals surface area contributed by atoms with Crippen LogP contribution in [0.3, 0.4) is 0 Å². The van der Waals surface area contributed by atoms with Crippen molar-refractivity contribution in [2.24, 2.45) is 0 Å². The Balaban J connectivity index is 3.66. The molecule has 1 unspecified atom stereocenters. The van der Waals surface area contributed by atoms with Gasteiger partial charge in [0.05, 0.1) is 13.2 Å². The van der Waals surface area contributed by atoms with Crippen molar-refractivity contribution in [3.05, 3.63) is 24.3 Å². The highest BCUT2D eigenvalue weighted by atomic mass is 16.5. The summed E-state index contributed by atoms with van der Waals surface area (Å²) in [6, 6.07) is 0. The molecule has 0 heterocycles. The van der Waals surface area contributed by atoms with Gasteiger partial charge in [0.25, 0.3) is 0 Å². The molecule has 0 aromatic rings. The van der Waals surface area contributed by atoms with E-state index in [2.05, 4.69) is 6.58 Å². The zero-order valence-electron chi connectivity index (χ0n) is 9.23. The number of hydrogen-bond donors (Lipinski definition) is 1. The molecule has 0 aliphatic heterocycles. The van der Waals surface area contributed by atoms with E-state index in [1.165, 1.54) is 0 Å². The minimum atomic E-state index is -0.793. The summed E-state index contributed by atoms with van der Waals surface area (Å²) >= 11 is 0. The lowest BCUT2D eigenvalue weighted by Crippen LogP contribution is -2.24.